The third-order valence-corrected chi connectivity index (χ3v) is 4.80. The van der Waals surface area contributed by atoms with E-state index < -0.39 is 5.97 Å². The Hall–Kier alpha value is -2.86. The van der Waals surface area contributed by atoms with Crippen molar-refractivity contribution in [2.24, 2.45) is 0 Å². The third-order valence-electron chi connectivity index (χ3n) is 3.93. The van der Waals surface area contributed by atoms with E-state index in [2.05, 4.69) is 11.9 Å². The number of carboxylic acids is 1. The Bertz CT molecular complexity index is 920. The molecule has 0 unspecified atom stereocenters. The van der Waals surface area contributed by atoms with E-state index in [9.17, 15) is 4.79 Å². The molecule has 1 N–H and O–H groups in total. The summed E-state index contributed by atoms with van der Waals surface area (Å²) in [6.07, 6.45) is 0. The van der Waals surface area contributed by atoms with Gasteiger partial charge in [-0.3, -0.25) is 0 Å². The van der Waals surface area contributed by atoms with Crippen LogP contribution >= 0.6 is 11.3 Å². The second-order valence-corrected chi connectivity index (χ2v) is 6.64. The fourth-order valence-corrected chi connectivity index (χ4v) is 3.20. The van der Waals surface area contributed by atoms with Gasteiger partial charge in [0.05, 0.1) is 5.56 Å². The number of hydrogen-bond acceptors (Lipinski definition) is 5. The summed E-state index contributed by atoms with van der Waals surface area (Å²) >= 11 is 1.28. The van der Waals surface area contributed by atoms with Gasteiger partial charge in [-0.15, -0.1) is 11.3 Å². The number of aromatic carboxylic acids is 1. The Morgan fingerprint density at radius 2 is 1.85 bits per heavy atom. The number of hydrogen-bond donors (Lipinski definition) is 1. The molecule has 1 heterocycles. The molecule has 0 saturated heterocycles. The van der Waals surface area contributed by atoms with Crippen LogP contribution in [0.15, 0.2) is 47.8 Å². The molecule has 1 aromatic heterocycles. The molecule has 6 heteroatoms. The number of aromatic nitrogens is 1. The number of benzene rings is 2. The first-order chi connectivity index (χ1) is 12.5. The zero-order valence-electron chi connectivity index (χ0n) is 14.6. The molecule has 2 aromatic carbocycles. The predicted octanol–water partition coefficient (Wildman–Crippen LogP) is 4.58. The van der Waals surface area contributed by atoms with Gasteiger partial charge in [0.25, 0.3) is 0 Å². The van der Waals surface area contributed by atoms with Crippen molar-refractivity contribution in [1.29, 1.82) is 0 Å². The van der Waals surface area contributed by atoms with Crippen molar-refractivity contribution in [3.05, 3.63) is 64.7 Å². The summed E-state index contributed by atoms with van der Waals surface area (Å²) in [7, 11) is 0. The largest absolute Gasteiger partial charge is 0.490 e. The van der Waals surface area contributed by atoms with Gasteiger partial charge in [0.1, 0.15) is 29.7 Å². The molecule has 0 aliphatic heterocycles. The second-order valence-electron chi connectivity index (χ2n) is 5.78. The van der Waals surface area contributed by atoms with Crippen LogP contribution in [0.5, 0.6) is 11.5 Å². The van der Waals surface area contributed by atoms with Crippen molar-refractivity contribution >= 4 is 17.3 Å². The highest BCUT2D eigenvalue weighted by Crippen LogP contribution is 2.32. The molecule has 0 saturated carbocycles. The molecule has 0 spiro atoms. The summed E-state index contributed by atoms with van der Waals surface area (Å²) in [6, 6.07) is 13.4. The molecular weight excluding hydrogens is 350 g/mol. The van der Waals surface area contributed by atoms with Crippen molar-refractivity contribution in [1.82, 2.24) is 4.98 Å². The van der Waals surface area contributed by atoms with Crippen LogP contribution in [0.4, 0.5) is 0 Å². The maximum absolute atomic E-state index is 11.0. The Balaban J connectivity index is 1.63. The van der Waals surface area contributed by atoms with Crippen LogP contribution in [-0.4, -0.2) is 29.3 Å². The van der Waals surface area contributed by atoms with Gasteiger partial charge in [0.2, 0.25) is 0 Å². The highest BCUT2D eigenvalue weighted by Gasteiger charge is 2.13. The number of carboxylic acid groups (broad SMARTS) is 1. The molecule has 0 radical (unpaired) electrons. The Labute approximate surface area is 155 Å². The summed E-state index contributed by atoms with van der Waals surface area (Å²) < 4.78 is 11.6. The smallest absolute Gasteiger partial charge is 0.355 e. The monoisotopic (exact) mass is 369 g/mol. The molecule has 0 fully saturated rings. The maximum Gasteiger partial charge on any atom is 0.355 e. The standard InChI is InChI=1S/C20H19NO4S/c1-13-7-8-15(11-14(13)2)24-9-10-25-18-6-4-3-5-16(18)19-21-17(12-26-19)20(22)23/h3-8,11-12H,9-10H2,1-2H3,(H,22,23). The van der Waals surface area contributed by atoms with Crippen LogP contribution < -0.4 is 9.47 Å². The predicted molar refractivity (Wildman–Crippen MR) is 101 cm³/mol. The zero-order valence-corrected chi connectivity index (χ0v) is 15.4. The SMILES string of the molecule is Cc1ccc(OCCOc2ccccc2-c2nc(C(=O)O)cs2)cc1C. The van der Waals surface area contributed by atoms with Crippen molar-refractivity contribution in [2.75, 3.05) is 13.2 Å². The van der Waals surface area contributed by atoms with Crippen molar-refractivity contribution in [3.8, 4) is 22.1 Å². The van der Waals surface area contributed by atoms with Crippen LogP contribution in [0.3, 0.4) is 0 Å². The molecule has 0 amide bonds. The summed E-state index contributed by atoms with van der Waals surface area (Å²) in [6.45, 7) is 4.90. The highest BCUT2D eigenvalue weighted by molar-refractivity contribution is 7.13. The maximum atomic E-state index is 11.0. The van der Waals surface area contributed by atoms with E-state index in [0.717, 1.165) is 11.3 Å². The first kappa shape index (κ1) is 17.9. The molecule has 26 heavy (non-hydrogen) atoms. The third kappa shape index (κ3) is 4.21. The summed E-state index contributed by atoms with van der Waals surface area (Å²) in [5, 5.41) is 11.2. The van der Waals surface area contributed by atoms with Gasteiger partial charge in [-0.2, -0.15) is 0 Å². The minimum Gasteiger partial charge on any atom is -0.490 e. The molecule has 134 valence electrons. The average Bonchev–Trinajstić information content (AvgIpc) is 3.12. The van der Waals surface area contributed by atoms with Gasteiger partial charge in [-0.05, 0) is 49.2 Å². The Kier molecular flexibility index (Phi) is 5.53. The van der Waals surface area contributed by atoms with E-state index in [1.807, 2.05) is 49.4 Å². The average molecular weight is 369 g/mol. The lowest BCUT2D eigenvalue weighted by Crippen LogP contribution is -2.09. The lowest BCUT2D eigenvalue weighted by Gasteiger charge is -2.11. The van der Waals surface area contributed by atoms with Crippen LogP contribution in [0.1, 0.15) is 21.6 Å². The lowest BCUT2D eigenvalue weighted by molar-refractivity contribution is 0.0691. The van der Waals surface area contributed by atoms with Crippen molar-refractivity contribution < 1.29 is 19.4 Å². The Morgan fingerprint density at radius 1 is 1.08 bits per heavy atom. The summed E-state index contributed by atoms with van der Waals surface area (Å²) in [4.78, 5) is 15.2. The minimum absolute atomic E-state index is 0.0397. The van der Waals surface area contributed by atoms with Crippen molar-refractivity contribution in [3.63, 3.8) is 0 Å². The van der Waals surface area contributed by atoms with Gasteiger partial charge in [0, 0.05) is 5.38 Å². The van der Waals surface area contributed by atoms with Gasteiger partial charge >= 0.3 is 5.97 Å². The number of ether oxygens (including phenoxy) is 2. The molecular formula is C20H19NO4S. The van der Waals surface area contributed by atoms with Gasteiger partial charge in [-0.1, -0.05) is 18.2 Å². The van der Waals surface area contributed by atoms with E-state index >= 15 is 0 Å². The summed E-state index contributed by atoms with van der Waals surface area (Å²) in [5.74, 6) is 0.436. The fourth-order valence-electron chi connectivity index (χ4n) is 2.38. The van der Waals surface area contributed by atoms with Crippen LogP contribution in [0.25, 0.3) is 10.6 Å². The number of rotatable bonds is 7. The van der Waals surface area contributed by atoms with Gasteiger partial charge in [-0.25, -0.2) is 9.78 Å². The Morgan fingerprint density at radius 3 is 2.58 bits per heavy atom. The molecule has 3 rings (SSSR count). The molecule has 0 atom stereocenters. The molecule has 0 bridgehead atoms. The van der Waals surface area contributed by atoms with E-state index in [1.54, 1.807) is 0 Å². The van der Waals surface area contributed by atoms with E-state index in [4.69, 9.17) is 14.6 Å². The lowest BCUT2D eigenvalue weighted by atomic mass is 10.1. The van der Waals surface area contributed by atoms with Crippen LogP contribution in [0.2, 0.25) is 0 Å². The number of thiazole rings is 1. The molecule has 5 nitrogen and oxygen atoms in total. The first-order valence-electron chi connectivity index (χ1n) is 8.15. The topological polar surface area (TPSA) is 68.7 Å². The highest BCUT2D eigenvalue weighted by atomic mass is 32.1. The van der Waals surface area contributed by atoms with Gasteiger partial charge < -0.3 is 14.6 Å². The minimum atomic E-state index is -1.03. The molecule has 0 aliphatic carbocycles. The van der Waals surface area contributed by atoms with E-state index in [0.29, 0.717) is 24.0 Å². The molecule has 0 aliphatic rings. The van der Waals surface area contributed by atoms with Crippen LogP contribution in [0, 0.1) is 13.8 Å². The zero-order chi connectivity index (χ0) is 18.5. The normalized spacial score (nSPS) is 10.5. The molecule has 3 aromatic rings. The van der Waals surface area contributed by atoms with Gasteiger partial charge in [0.15, 0.2) is 5.69 Å². The number of nitrogens with zero attached hydrogens (tertiary/aromatic N) is 1. The fraction of sp³-hybridized carbons (Fsp3) is 0.200. The van der Waals surface area contributed by atoms with E-state index in [1.165, 1.54) is 27.8 Å². The van der Waals surface area contributed by atoms with Crippen molar-refractivity contribution in [2.45, 2.75) is 13.8 Å². The number of para-hydroxylation sites is 1. The van der Waals surface area contributed by atoms with Crippen LogP contribution in [-0.2, 0) is 0 Å². The number of aryl methyl sites for hydroxylation is 2. The summed E-state index contributed by atoms with van der Waals surface area (Å²) in [5.41, 5.74) is 3.23. The first-order valence-corrected chi connectivity index (χ1v) is 9.03. The second kappa shape index (κ2) is 8.01. The quantitative estimate of drug-likeness (QED) is 0.617. The van der Waals surface area contributed by atoms with E-state index in [-0.39, 0.29) is 5.69 Å². The number of carbonyl (C=O) groups is 1.